The van der Waals surface area contributed by atoms with Crippen LogP contribution in [0.4, 0.5) is 13.2 Å². The molecule has 2 amide bonds. The number of halogens is 3. The summed E-state index contributed by atoms with van der Waals surface area (Å²) in [5.74, 6) is -5.68. The first-order chi connectivity index (χ1) is 9.36. The minimum atomic E-state index is -1.63. The maximum absolute atomic E-state index is 13.0. The average molecular weight is 288 g/mol. The molecule has 0 radical (unpaired) electrons. The highest BCUT2D eigenvalue weighted by atomic mass is 19.2. The molecule has 0 bridgehead atoms. The zero-order chi connectivity index (χ0) is 15.3. The molecule has 7 heteroatoms. The van der Waals surface area contributed by atoms with Crippen LogP contribution >= 0.6 is 0 Å². The molecule has 0 aromatic heterocycles. The van der Waals surface area contributed by atoms with E-state index in [1.54, 1.807) is 0 Å². The number of nitrogens with zero attached hydrogens (tertiary/aromatic N) is 1. The monoisotopic (exact) mass is 288 g/mol. The minimum absolute atomic E-state index is 0.251. The normalized spacial score (nSPS) is 10.2. The van der Waals surface area contributed by atoms with E-state index in [1.807, 2.05) is 6.92 Å². The van der Waals surface area contributed by atoms with E-state index >= 15 is 0 Å². The molecule has 0 atom stereocenters. The van der Waals surface area contributed by atoms with Crippen molar-refractivity contribution in [1.29, 1.82) is 0 Å². The summed E-state index contributed by atoms with van der Waals surface area (Å²) in [6, 6.07) is 1.20. The fourth-order valence-corrected chi connectivity index (χ4v) is 1.51. The average Bonchev–Trinajstić information content (AvgIpc) is 2.40. The van der Waals surface area contributed by atoms with Gasteiger partial charge in [-0.25, -0.2) is 13.2 Å². The van der Waals surface area contributed by atoms with Crippen molar-refractivity contribution in [2.24, 2.45) is 0 Å². The predicted molar refractivity (Wildman–Crippen MR) is 66.6 cm³/mol. The van der Waals surface area contributed by atoms with E-state index in [0.717, 1.165) is 11.3 Å². The van der Waals surface area contributed by atoms with Crippen molar-refractivity contribution in [3.63, 3.8) is 0 Å². The number of carbonyl (C=O) groups excluding carboxylic acids is 2. The highest BCUT2D eigenvalue weighted by Gasteiger charge is 2.19. The van der Waals surface area contributed by atoms with Crippen LogP contribution in [0.3, 0.4) is 0 Å². The maximum Gasteiger partial charge on any atom is 0.254 e. The summed E-state index contributed by atoms with van der Waals surface area (Å²) in [4.78, 5) is 24.3. The van der Waals surface area contributed by atoms with Crippen molar-refractivity contribution in [1.82, 2.24) is 10.2 Å². The van der Waals surface area contributed by atoms with E-state index in [0.29, 0.717) is 18.7 Å². The van der Waals surface area contributed by atoms with Gasteiger partial charge in [0, 0.05) is 19.2 Å². The number of hydrogen-bond donors (Lipinski definition) is 1. The lowest BCUT2D eigenvalue weighted by atomic mass is 10.2. The zero-order valence-electron chi connectivity index (χ0n) is 11.2. The van der Waals surface area contributed by atoms with Crippen LogP contribution in [0.2, 0.25) is 0 Å². The largest absolute Gasteiger partial charge is 0.355 e. The van der Waals surface area contributed by atoms with Crippen LogP contribution in [0.5, 0.6) is 0 Å². The van der Waals surface area contributed by atoms with Crippen LogP contribution in [-0.2, 0) is 4.79 Å². The highest BCUT2D eigenvalue weighted by molar-refractivity contribution is 5.96. The van der Waals surface area contributed by atoms with E-state index in [1.165, 1.54) is 7.05 Å². The number of benzene rings is 1. The molecule has 1 rings (SSSR count). The Hall–Kier alpha value is -2.05. The van der Waals surface area contributed by atoms with Gasteiger partial charge in [-0.2, -0.15) is 0 Å². The number of nitrogens with one attached hydrogen (secondary N) is 1. The molecule has 1 N–H and O–H groups in total. The van der Waals surface area contributed by atoms with Gasteiger partial charge < -0.3 is 10.2 Å². The lowest BCUT2D eigenvalue weighted by Crippen LogP contribution is -2.38. The maximum atomic E-state index is 13.0. The van der Waals surface area contributed by atoms with Crippen molar-refractivity contribution in [2.45, 2.75) is 13.3 Å². The summed E-state index contributed by atoms with van der Waals surface area (Å²) in [7, 11) is 1.31. The van der Waals surface area contributed by atoms with Gasteiger partial charge in [0.15, 0.2) is 17.5 Å². The Labute approximate surface area is 114 Å². The second kappa shape index (κ2) is 6.93. The first kappa shape index (κ1) is 16.0. The van der Waals surface area contributed by atoms with Gasteiger partial charge >= 0.3 is 0 Å². The molecule has 4 nitrogen and oxygen atoms in total. The number of likely N-dealkylation sites (N-methyl/N-ethyl adjacent to an activating group) is 1. The van der Waals surface area contributed by atoms with Gasteiger partial charge in [0.25, 0.3) is 5.91 Å². The van der Waals surface area contributed by atoms with Gasteiger partial charge in [-0.1, -0.05) is 6.92 Å². The van der Waals surface area contributed by atoms with Gasteiger partial charge in [0.1, 0.15) is 0 Å². The molecule has 1 aromatic carbocycles. The van der Waals surface area contributed by atoms with Crippen LogP contribution in [0.15, 0.2) is 12.1 Å². The topological polar surface area (TPSA) is 49.4 Å². The molecule has 0 aliphatic heterocycles. The first-order valence-electron chi connectivity index (χ1n) is 6.03. The molecule has 0 fully saturated rings. The zero-order valence-corrected chi connectivity index (χ0v) is 11.2. The van der Waals surface area contributed by atoms with Gasteiger partial charge in [-0.15, -0.1) is 0 Å². The smallest absolute Gasteiger partial charge is 0.254 e. The number of amides is 2. The third kappa shape index (κ3) is 3.97. The molecule has 20 heavy (non-hydrogen) atoms. The van der Waals surface area contributed by atoms with Gasteiger partial charge in [-0.3, -0.25) is 9.59 Å². The summed E-state index contributed by atoms with van der Waals surface area (Å²) in [6.07, 6.45) is 0.748. The van der Waals surface area contributed by atoms with E-state index in [2.05, 4.69) is 5.32 Å². The molecule has 0 spiro atoms. The standard InChI is InChI=1S/C13H15F3N2O2/c1-3-4-17-11(19)7-18(2)13(20)8-5-9(14)12(16)10(15)6-8/h5-6H,3-4,7H2,1-2H3,(H,17,19). The Bertz CT molecular complexity index is 497. The fraction of sp³-hybridized carbons (Fsp3) is 0.385. The van der Waals surface area contributed by atoms with E-state index in [9.17, 15) is 22.8 Å². The Morgan fingerprint density at radius 1 is 1.20 bits per heavy atom. The van der Waals surface area contributed by atoms with Gasteiger partial charge in [0.05, 0.1) is 6.54 Å². The molecule has 0 heterocycles. The second-order valence-corrected chi connectivity index (χ2v) is 4.27. The summed E-state index contributed by atoms with van der Waals surface area (Å²) >= 11 is 0. The predicted octanol–water partition coefficient (Wildman–Crippen LogP) is 1.70. The fourth-order valence-electron chi connectivity index (χ4n) is 1.51. The summed E-state index contributed by atoms with van der Waals surface area (Å²) in [5.41, 5.74) is -0.354. The molecule has 0 saturated heterocycles. The molecule has 0 aliphatic rings. The minimum Gasteiger partial charge on any atom is -0.355 e. The third-order valence-corrected chi connectivity index (χ3v) is 2.53. The molecular weight excluding hydrogens is 273 g/mol. The summed E-state index contributed by atoms with van der Waals surface area (Å²) in [6.45, 7) is 2.10. The lowest BCUT2D eigenvalue weighted by Gasteiger charge is -2.17. The Balaban J connectivity index is 2.77. The van der Waals surface area contributed by atoms with Crippen LogP contribution in [0.25, 0.3) is 0 Å². The van der Waals surface area contributed by atoms with E-state index < -0.39 is 23.4 Å². The quantitative estimate of drug-likeness (QED) is 0.838. The summed E-state index contributed by atoms with van der Waals surface area (Å²) in [5, 5.41) is 2.56. The van der Waals surface area contributed by atoms with Crippen molar-refractivity contribution in [3.05, 3.63) is 35.1 Å². The van der Waals surface area contributed by atoms with Crippen LogP contribution < -0.4 is 5.32 Å². The molecular formula is C13H15F3N2O2. The summed E-state index contributed by atoms with van der Waals surface area (Å²) < 4.78 is 38.8. The molecule has 1 aromatic rings. The van der Waals surface area contributed by atoms with Crippen LogP contribution in [0.1, 0.15) is 23.7 Å². The number of rotatable bonds is 5. The number of carbonyl (C=O) groups is 2. The lowest BCUT2D eigenvalue weighted by molar-refractivity contribution is -0.121. The molecule has 0 unspecified atom stereocenters. The van der Waals surface area contributed by atoms with E-state index in [-0.39, 0.29) is 18.0 Å². The van der Waals surface area contributed by atoms with Crippen molar-refractivity contribution >= 4 is 11.8 Å². The highest BCUT2D eigenvalue weighted by Crippen LogP contribution is 2.14. The third-order valence-electron chi connectivity index (χ3n) is 2.53. The molecule has 0 saturated carbocycles. The van der Waals surface area contributed by atoms with Gasteiger partial charge in [-0.05, 0) is 18.6 Å². The molecule has 0 aliphatic carbocycles. The molecule has 110 valence electrons. The Kier molecular flexibility index (Phi) is 5.54. The van der Waals surface area contributed by atoms with Crippen molar-refractivity contribution < 1.29 is 22.8 Å². The second-order valence-electron chi connectivity index (χ2n) is 4.27. The van der Waals surface area contributed by atoms with Gasteiger partial charge in [0.2, 0.25) is 5.91 Å². The van der Waals surface area contributed by atoms with Crippen molar-refractivity contribution in [3.8, 4) is 0 Å². The van der Waals surface area contributed by atoms with Crippen LogP contribution in [-0.4, -0.2) is 36.9 Å². The van der Waals surface area contributed by atoms with E-state index in [4.69, 9.17) is 0 Å². The van der Waals surface area contributed by atoms with Crippen LogP contribution in [0, 0.1) is 17.5 Å². The number of hydrogen-bond acceptors (Lipinski definition) is 2. The Morgan fingerprint density at radius 3 is 2.25 bits per heavy atom. The Morgan fingerprint density at radius 2 is 1.75 bits per heavy atom. The van der Waals surface area contributed by atoms with Crippen molar-refractivity contribution in [2.75, 3.05) is 20.1 Å². The SMILES string of the molecule is CCCNC(=O)CN(C)C(=O)c1cc(F)c(F)c(F)c1. The first-order valence-corrected chi connectivity index (χ1v) is 6.03.